The molecule has 4 aromatic rings. The number of nitrogens with zero attached hydrogens (tertiary/aromatic N) is 6. The summed E-state index contributed by atoms with van der Waals surface area (Å²) >= 11 is 7.33. The monoisotopic (exact) mass is 490 g/mol. The summed E-state index contributed by atoms with van der Waals surface area (Å²) in [5.41, 5.74) is -0.579. The van der Waals surface area contributed by atoms with Crippen molar-refractivity contribution in [2.75, 3.05) is 13.1 Å². The van der Waals surface area contributed by atoms with Crippen LogP contribution in [0.15, 0.2) is 35.2 Å². The van der Waals surface area contributed by atoms with Gasteiger partial charge in [-0.25, -0.2) is 22.9 Å². The normalized spacial score (nSPS) is 17.2. The van der Waals surface area contributed by atoms with Crippen molar-refractivity contribution in [1.29, 1.82) is 0 Å². The largest absolute Gasteiger partial charge is 0.416 e. The maximum atomic E-state index is 13.7. The maximum Gasteiger partial charge on any atom is 0.416 e. The smallest absolute Gasteiger partial charge is 0.279 e. The van der Waals surface area contributed by atoms with Gasteiger partial charge < -0.3 is 0 Å². The Hall–Kier alpha value is -2.22. The highest BCUT2D eigenvalue weighted by Gasteiger charge is 2.39. The van der Waals surface area contributed by atoms with Crippen LogP contribution in [0.1, 0.15) is 29.9 Å². The minimum absolute atomic E-state index is 0.0629. The summed E-state index contributed by atoms with van der Waals surface area (Å²) in [6.45, 7) is 0.126. The number of sulfonamides is 1. The highest BCUT2D eigenvalue weighted by Crippen LogP contribution is 2.40. The van der Waals surface area contributed by atoms with E-state index in [4.69, 9.17) is 11.6 Å². The van der Waals surface area contributed by atoms with Crippen LogP contribution in [0.5, 0.6) is 0 Å². The Morgan fingerprint density at radius 3 is 2.68 bits per heavy atom. The Kier molecular flexibility index (Phi) is 4.77. The number of fused-ring (bicyclic) bond motifs is 2. The van der Waals surface area contributed by atoms with Gasteiger partial charge in [-0.05, 0) is 30.4 Å². The van der Waals surface area contributed by atoms with Gasteiger partial charge in [0.25, 0.3) is 10.0 Å². The van der Waals surface area contributed by atoms with Gasteiger partial charge in [-0.1, -0.05) is 11.6 Å². The molecule has 164 valence electrons. The second-order valence-corrected chi connectivity index (χ2v) is 10.2. The summed E-state index contributed by atoms with van der Waals surface area (Å²) in [6.07, 6.45) is -0.00153. The van der Waals surface area contributed by atoms with Gasteiger partial charge in [-0.15, -0.1) is 11.3 Å². The molecule has 0 bridgehead atoms. The number of alkyl halides is 3. The van der Waals surface area contributed by atoms with Gasteiger partial charge in [0.1, 0.15) is 6.33 Å². The number of piperidine rings is 1. The van der Waals surface area contributed by atoms with Gasteiger partial charge in [-0.2, -0.15) is 22.6 Å². The van der Waals surface area contributed by atoms with Gasteiger partial charge in [0.05, 0.1) is 5.56 Å². The molecule has 0 atom stereocenters. The predicted octanol–water partition coefficient (Wildman–Crippen LogP) is 3.68. The summed E-state index contributed by atoms with van der Waals surface area (Å²) in [6, 6.07) is 0.977. The number of aromatic nitrogens is 5. The van der Waals surface area contributed by atoms with Gasteiger partial charge >= 0.3 is 6.18 Å². The second kappa shape index (κ2) is 7.15. The van der Waals surface area contributed by atoms with Crippen LogP contribution < -0.4 is 0 Å². The molecule has 8 nitrogen and oxygen atoms in total. The molecule has 0 amide bonds. The van der Waals surface area contributed by atoms with E-state index in [-0.39, 0.29) is 47.3 Å². The highest BCUT2D eigenvalue weighted by molar-refractivity contribution is 7.89. The Bertz CT molecular complexity index is 1390. The summed E-state index contributed by atoms with van der Waals surface area (Å²) in [4.78, 5) is 8.34. The number of thiazole rings is 1. The molecule has 0 aromatic carbocycles. The first-order valence-electron chi connectivity index (χ1n) is 9.18. The van der Waals surface area contributed by atoms with Crippen molar-refractivity contribution in [2.45, 2.75) is 30.0 Å². The van der Waals surface area contributed by atoms with Crippen molar-refractivity contribution in [3.8, 4) is 0 Å². The lowest BCUT2D eigenvalue weighted by Crippen LogP contribution is -2.38. The summed E-state index contributed by atoms with van der Waals surface area (Å²) in [5, 5.41) is 5.38. The fourth-order valence-electron chi connectivity index (χ4n) is 3.95. The molecule has 1 aliphatic heterocycles. The van der Waals surface area contributed by atoms with Crippen LogP contribution >= 0.6 is 22.9 Å². The minimum atomic E-state index is -4.55. The maximum absolute atomic E-state index is 13.7. The van der Waals surface area contributed by atoms with E-state index >= 15 is 0 Å². The molecule has 0 radical (unpaired) electrons. The summed E-state index contributed by atoms with van der Waals surface area (Å²) < 4.78 is 71.3. The quantitative estimate of drug-likeness (QED) is 0.437. The van der Waals surface area contributed by atoms with E-state index in [0.717, 1.165) is 6.07 Å². The van der Waals surface area contributed by atoms with E-state index in [0.29, 0.717) is 4.96 Å². The van der Waals surface area contributed by atoms with Crippen molar-refractivity contribution in [2.24, 2.45) is 0 Å². The van der Waals surface area contributed by atoms with Gasteiger partial charge in [0.2, 0.25) is 0 Å². The molecule has 0 aliphatic carbocycles. The lowest BCUT2D eigenvalue weighted by Gasteiger charge is -2.32. The first-order chi connectivity index (χ1) is 14.7. The van der Waals surface area contributed by atoms with Crippen molar-refractivity contribution in [3.63, 3.8) is 0 Å². The minimum Gasteiger partial charge on any atom is -0.279 e. The first kappa shape index (κ1) is 20.7. The molecule has 5 heterocycles. The summed E-state index contributed by atoms with van der Waals surface area (Å²) in [7, 11) is -3.96. The zero-order chi connectivity index (χ0) is 22.0. The molecule has 1 aliphatic rings. The molecule has 0 N–H and O–H groups in total. The molecule has 0 saturated carbocycles. The fourth-order valence-corrected chi connectivity index (χ4v) is 6.82. The number of rotatable bonds is 3. The van der Waals surface area contributed by atoms with Crippen molar-refractivity contribution >= 4 is 43.6 Å². The third-order valence-electron chi connectivity index (χ3n) is 5.41. The molecule has 14 heteroatoms. The Labute approximate surface area is 182 Å². The van der Waals surface area contributed by atoms with Crippen LogP contribution in [-0.4, -0.2) is 49.8 Å². The predicted molar refractivity (Wildman–Crippen MR) is 107 cm³/mol. The second-order valence-electron chi connectivity index (χ2n) is 7.14. The number of imidazole rings is 1. The zero-order valence-electron chi connectivity index (χ0n) is 15.6. The van der Waals surface area contributed by atoms with Crippen LogP contribution in [0.4, 0.5) is 13.2 Å². The Morgan fingerprint density at radius 2 is 1.97 bits per heavy atom. The number of hydrogen-bond donors (Lipinski definition) is 0. The molecule has 1 fully saturated rings. The van der Waals surface area contributed by atoms with E-state index in [1.54, 1.807) is 11.6 Å². The van der Waals surface area contributed by atoms with Crippen molar-refractivity contribution in [1.82, 2.24) is 28.3 Å². The number of halogens is 4. The van der Waals surface area contributed by atoms with E-state index in [1.807, 2.05) is 0 Å². The lowest BCUT2D eigenvalue weighted by molar-refractivity contribution is -0.138. The average molecular weight is 491 g/mol. The summed E-state index contributed by atoms with van der Waals surface area (Å²) in [5.74, 6) is -0.473. The lowest BCUT2D eigenvalue weighted by atomic mass is 9.88. The molecule has 5 rings (SSSR count). The molecule has 0 unspecified atom stereocenters. The number of pyridine rings is 1. The van der Waals surface area contributed by atoms with Gasteiger partial charge in [0.15, 0.2) is 20.8 Å². The van der Waals surface area contributed by atoms with E-state index < -0.39 is 27.7 Å². The standard InChI is InChI=1S/C17H14ClF3N6O2S2/c18-14-15(26-5-6-30-16(26)24-14)31(28,29)25-3-1-10(2-4-25)11-8-27-13(22-9-23-27)7-12(11)17(19,20)21/h5-10H,1-4H2. The molecule has 4 aromatic heterocycles. The fraction of sp³-hybridized carbons (Fsp3) is 0.353. The van der Waals surface area contributed by atoms with Gasteiger partial charge in [-0.3, -0.25) is 4.40 Å². The molecule has 0 spiro atoms. The number of hydrogen-bond acceptors (Lipinski definition) is 6. The molecule has 1 saturated heterocycles. The SMILES string of the molecule is O=S(=O)(c1c(Cl)nc2sccn12)N1CCC(c2cn3ncnc3cc2C(F)(F)F)CC1. The van der Waals surface area contributed by atoms with Crippen LogP contribution in [0.3, 0.4) is 0 Å². The van der Waals surface area contributed by atoms with Crippen LogP contribution in [0, 0.1) is 0 Å². The zero-order valence-corrected chi connectivity index (χ0v) is 18.0. The average Bonchev–Trinajstić information content (AvgIpc) is 3.41. The van der Waals surface area contributed by atoms with E-state index in [2.05, 4.69) is 15.1 Å². The topological polar surface area (TPSA) is 84.9 Å². The van der Waals surface area contributed by atoms with E-state index in [1.165, 1.54) is 37.1 Å². The molecular weight excluding hydrogens is 477 g/mol. The van der Waals surface area contributed by atoms with Crippen LogP contribution in [-0.2, 0) is 16.2 Å². The van der Waals surface area contributed by atoms with E-state index in [9.17, 15) is 21.6 Å². The third-order valence-corrected chi connectivity index (χ3v) is 8.46. The Balaban J connectivity index is 1.44. The molecular formula is C17H14ClF3N6O2S2. The van der Waals surface area contributed by atoms with Gasteiger partial charge in [0, 0.05) is 30.9 Å². The third kappa shape index (κ3) is 3.39. The van der Waals surface area contributed by atoms with Crippen LogP contribution in [0.2, 0.25) is 5.15 Å². The van der Waals surface area contributed by atoms with Crippen molar-refractivity contribution < 1.29 is 21.6 Å². The van der Waals surface area contributed by atoms with Crippen LogP contribution in [0.25, 0.3) is 10.6 Å². The first-order valence-corrected chi connectivity index (χ1v) is 11.9. The molecule has 31 heavy (non-hydrogen) atoms. The highest BCUT2D eigenvalue weighted by atomic mass is 35.5. The van der Waals surface area contributed by atoms with Crippen molar-refractivity contribution in [3.05, 3.63) is 46.4 Å². The Morgan fingerprint density at radius 1 is 1.23 bits per heavy atom.